The van der Waals surface area contributed by atoms with Crippen molar-refractivity contribution in [2.75, 3.05) is 5.32 Å². The molecule has 0 saturated carbocycles. The highest BCUT2D eigenvalue weighted by atomic mass is 35.5. The van der Waals surface area contributed by atoms with Crippen molar-refractivity contribution in [1.29, 1.82) is 0 Å². The summed E-state index contributed by atoms with van der Waals surface area (Å²) in [5, 5.41) is 7.86. The Morgan fingerprint density at radius 2 is 1.78 bits per heavy atom. The lowest BCUT2D eigenvalue weighted by molar-refractivity contribution is 0.356. The highest BCUT2D eigenvalue weighted by Crippen LogP contribution is 2.16. The smallest absolute Gasteiger partial charge is 0.171 e. The monoisotopic (exact) mass is 284 g/mol. The highest BCUT2D eigenvalue weighted by Gasteiger charge is 2.17. The van der Waals surface area contributed by atoms with Gasteiger partial charge in [-0.05, 0) is 42.3 Å². The van der Waals surface area contributed by atoms with Crippen LogP contribution in [0.2, 0.25) is 5.02 Å². The molecule has 0 fully saturated rings. The number of nitrogens with one attached hydrogen (secondary N) is 2. The van der Waals surface area contributed by atoms with Gasteiger partial charge in [0, 0.05) is 16.8 Å². The van der Waals surface area contributed by atoms with E-state index in [4.69, 9.17) is 23.8 Å². The van der Waals surface area contributed by atoms with Gasteiger partial charge in [0.15, 0.2) is 5.11 Å². The zero-order chi connectivity index (χ0) is 13.7. The molecule has 0 radical (unpaired) electrons. The van der Waals surface area contributed by atoms with Gasteiger partial charge in [0.05, 0.1) is 0 Å². The molecule has 2 nitrogen and oxygen atoms in total. The van der Waals surface area contributed by atoms with Gasteiger partial charge in [-0.3, -0.25) is 0 Å². The van der Waals surface area contributed by atoms with Crippen LogP contribution >= 0.6 is 23.8 Å². The van der Waals surface area contributed by atoms with Gasteiger partial charge in [0.1, 0.15) is 0 Å². The lowest BCUT2D eigenvalue weighted by Crippen LogP contribution is -2.44. The SMILES string of the molecule is CC(C)C(NC(=S)Nc1cccc(Cl)c1)C(C)C. The average Bonchev–Trinajstić information content (AvgIpc) is 2.25. The Hall–Kier alpha value is -0.800. The fraction of sp³-hybridized carbons (Fsp3) is 0.500. The van der Waals surface area contributed by atoms with Crippen molar-refractivity contribution in [3.8, 4) is 0 Å². The fourth-order valence-electron chi connectivity index (χ4n) is 1.99. The molecular weight excluding hydrogens is 264 g/mol. The van der Waals surface area contributed by atoms with E-state index >= 15 is 0 Å². The van der Waals surface area contributed by atoms with Gasteiger partial charge < -0.3 is 10.6 Å². The van der Waals surface area contributed by atoms with Gasteiger partial charge in [0.2, 0.25) is 0 Å². The number of halogens is 1. The van der Waals surface area contributed by atoms with Crippen molar-refractivity contribution in [3.05, 3.63) is 29.3 Å². The van der Waals surface area contributed by atoms with Crippen LogP contribution in [0.5, 0.6) is 0 Å². The summed E-state index contributed by atoms with van der Waals surface area (Å²) in [6.45, 7) is 8.78. The Morgan fingerprint density at radius 3 is 2.28 bits per heavy atom. The number of thiocarbonyl (C=S) groups is 1. The minimum atomic E-state index is 0.365. The van der Waals surface area contributed by atoms with E-state index in [1.165, 1.54) is 0 Å². The van der Waals surface area contributed by atoms with Crippen LogP contribution in [0.15, 0.2) is 24.3 Å². The number of anilines is 1. The molecule has 0 saturated heterocycles. The molecule has 100 valence electrons. The number of benzene rings is 1. The molecule has 2 N–H and O–H groups in total. The third-order valence-electron chi connectivity index (χ3n) is 2.82. The summed E-state index contributed by atoms with van der Waals surface area (Å²) >= 11 is 11.3. The van der Waals surface area contributed by atoms with Crippen LogP contribution in [-0.4, -0.2) is 11.2 Å². The Labute approximate surface area is 120 Å². The first-order valence-electron chi connectivity index (χ1n) is 6.23. The Bertz CT molecular complexity index is 397. The molecule has 4 heteroatoms. The molecule has 18 heavy (non-hydrogen) atoms. The molecule has 1 aromatic rings. The molecule has 0 heterocycles. The highest BCUT2D eigenvalue weighted by molar-refractivity contribution is 7.80. The third kappa shape index (κ3) is 4.83. The maximum Gasteiger partial charge on any atom is 0.171 e. The van der Waals surface area contributed by atoms with E-state index in [0.29, 0.717) is 28.0 Å². The maximum atomic E-state index is 5.93. The summed E-state index contributed by atoms with van der Waals surface area (Å²) in [4.78, 5) is 0. The first kappa shape index (κ1) is 15.3. The first-order chi connectivity index (χ1) is 8.40. The summed E-state index contributed by atoms with van der Waals surface area (Å²) < 4.78 is 0. The van der Waals surface area contributed by atoms with Crippen molar-refractivity contribution in [2.24, 2.45) is 11.8 Å². The molecule has 0 aliphatic heterocycles. The van der Waals surface area contributed by atoms with E-state index in [9.17, 15) is 0 Å². The average molecular weight is 285 g/mol. The lowest BCUT2D eigenvalue weighted by Gasteiger charge is -2.27. The van der Waals surface area contributed by atoms with Crippen molar-refractivity contribution in [2.45, 2.75) is 33.7 Å². The maximum absolute atomic E-state index is 5.93. The molecule has 0 unspecified atom stereocenters. The zero-order valence-electron chi connectivity index (χ0n) is 11.3. The van der Waals surface area contributed by atoms with Crippen LogP contribution in [-0.2, 0) is 0 Å². The van der Waals surface area contributed by atoms with E-state index in [0.717, 1.165) is 5.69 Å². The molecule has 0 aliphatic carbocycles. The van der Waals surface area contributed by atoms with Crippen LogP contribution in [0.1, 0.15) is 27.7 Å². The van der Waals surface area contributed by atoms with E-state index < -0.39 is 0 Å². The number of hydrogen-bond donors (Lipinski definition) is 2. The zero-order valence-corrected chi connectivity index (χ0v) is 12.9. The second kappa shape index (κ2) is 6.95. The van der Waals surface area contributed by atoms with Crippen LogP contribution in [0.3, 0.4) is 0 Å². The van der Waals surface area contributed by atoms with Gasteiger partial charge in [-0.1, -0.05) is 45.4 Å². The molecule has 0 bridgehead atoms. The van der Waals surface area contributed by atoms with E-state index in [1.807, 2.05) is 24.3 Å². The van der Waals surface area contributed by atoms with Crippen LogP contribution < -0.4 is 10.6 Å². The molecular formula is C14H21ClN2S. The Kier molecular flexibility index (Phi) is 5.89. The summed E-state index contributed by atoms with van der Waals surface area (Å²) in [6, 6.07) is 7.91. The number of rotatable bonds is 4. The van der Waals surface area contributed by atoms with Crippen molar-refractivity contribution in [1.82, 2.24) is 5.32 Å². The molecule has 0 spiro atoms. The minimum absolute atomic E-state index is 0.365. The summed E-state index contributed by atoms with van der Waals surface area (Å²) in [6.07, 6.45) is 0. The van der Waals surface area contributed by atoms with Crippen molar-refractivity contribution >= 4 is 34.6 Å². The normalized spacial score (nSPS) is 11.1. The predicted octanol–water partition coefficient (Wildman–Crippen LogP) is 4.31. The Morgan fingerprint density at radius 1 is 1.17 bits per heavy atom. The molecule has 1 rings (SSSR count). The van der Waals surface area contributed by atoms with Crippen molar-refractivity contribution < 1.29 is 0 Å². The predicted molar refractivity (Wildman–Crippen MR) is 84.3 cm³/mol. The minimum Gasteiger partial charge on any atom is -0.359 e. The second-order valence-electron chi connectivity index (χ2n) is 5.12. The molecule has 0 aromatic heterocycles. The largest absolute Gasteiger partial charge is 0.359 e. The topological polar surface area (TPSA) is 24.1 Å². The third-order valence-corrected chi connectivity index (χ3v) is 3.27. The second-order valence-corrected chi connectivity index (χ2v) is 5.97. The molecule has 0 aliphatic rings. The van der Waals surface area contributed by atoms with Gasteiger partial charge in [0.25, 0.3) is 0 Å². The molecule has 0 atom stereocenters. The number of hydrogen-bond acceptors (Lipinski definition) is 1. The lowest BCUT2D eigenvalue weighted by atomic mass is 9.93. The van der Waals surface area contributed by atoms with Crippen LogP contribution in [0.25, 0.3) is 0 Å². The van der Waals surface area contributed by atoms with Gasteiger partial charge >= 0.3 is 0 Å². The standard InChI is InChI=1S/C14H21ClN2S/c1-9(2)13(10(3)4)17-14(18)16-12-7-5-6-11(15)8-12/h5-10,13H,1-4H3,(H2,16,17,18). The van der Waals surface area contributed by atoms with E-state index in [-0.39, 0.29) is 0 Å². The summed E-state index contributed by atoms with van der Waals surface area (Å²) in [5.74, 6) is 1.06. The van der Waals surface area contributed by atoms with Crippen LogP contribution in [0, 0.1) is 11.8 Å². The molecule has 1 aromatic carbocycles. The molecule has 0 amide bonds. The van der Waals surface area contributed by atoms with E-state index in [2.05, 4.69) is 38.3 Å². The van der Waals surface area contributed by atoms with Gasteiger partial charge in [-0.2, -0.15) is 0 Å². The van der Waals surface area contributed by atoms with Gasteiger partial charge in [-0.15, -0.1) is 0 Å². The first-order valence-corrected chi connectivity index (χ1v) is 7.02. The summed E-state index contributed by atoms with van der Waals surface area (Å²) in [5.41, 5.74) is 0.909. The van der Waals surface area contributed by atoms with Crippen molar-refractivity contribution in [3.63, 3.8) is 0 Å². The Balaban J connectivity index is 2.61. The summed E-state index contributed by atoms with van der Waals surface area (Å²) in [7, 11) is 0. The fourth-order valence-corrected chi connectivity index (χ4v) is 2.43. The van der Waals surface area contributed by atoms with Gasteiger partial charge in [-0.25, -0.2) is 0 Å². The van der Waals surface area contributed by atoms with Crippen LogP contribution in [0.4, 0.5) is 5.69 Å². The van der Waals surface area contributed by atoms with E-state index in [1.54, 1.807) is 0 Å². The quantitative estimate of drug-likeness (QED) is 0.806.